The molecule has 1 atom stereocenters. The van der Waals surface area contributed by atoms with Crippen molar-refractivity contribution in [1.29, 1.82) is 0 Å². The molecule has 1 nitrogen and oxygen atoms in total. The largest absolute Gasteiger partial charge is 0.278 e. The van der Waals surface area contributed by atoms with E-state index in [0.717, 1.165) is 6.54 Å². The SMILES string of the molecule is CCCC=CS1(C)CCN=C1c1ccccc1. The van der Waals surface area contributed by atoms with Gasteiger partial charge in [0.25, 0.3) is 0 Å². The summed E-state index contributed by atoms with van der Waals surface area (Å²) < 4.78 is 0. The standard InChI is InChI=1S/C15H21NS/c1-3-4-8-12-17(2)13-11-16-15(17)14-9-6-5-7-10-14/h5-10,12H,3-4,11,13H2,1-2H3. The van der Waals surface area contributed by atoms with E-state index < -0.39 is 10.0 Å². The van der Waals surface area contributed by atoms with Gasteiger partial charge in [-0.3, -0.25) is 4.99 Å². The van der Waals surface area contributed by atoms with E-state index >= 15 is 0 Å². The summed E-state index contributed by atoms with van der Waals surface area (Å²) in [5, 5.41) is 3.78. The Morgan fingerprint density at radius 2 is 2.06 bits per heavy atom. The van der Waals surface area contributed by atoms with E-state index in [1.807, 2.05) is 0 Å². The maximum absolute atomic E-state index is 4.74. The fraction of sp³-hybridized carbons (Fsp3) is 0.400. The van der Waals surface area contributed by atoms with Gasteiger partial charge in [0, 0.05) is 17.9 Å². The predicted molar refractivity (Wildman–Crippen MR) is 80.3 cm³/mol. The molecule has 1 aliphatic rings. The molecule has 1 unspecified atom stereocenters. The first-order chi connectivity index (χ1) is 8.26. The van der Waals surface area contributed by atoms with Crippen LogP contribution in [0.25, 0.3) is 0 Å². The second kappa shape index (κ2) is 5.54. The zero-order chi connectivity index (χ0) is 12.1. The summed E-state index contributed by atoms with van der Waals surface area (Å²) in [4.78, 5) is 4.74. The summed E-state index contributed by atoms with van der Waals surface area (Å²) in [5.41, 5.74) is 1.31. The Balaban J connectivity index is 2.22. The molecule has 0 saturated heterocycles. The first kappa shape index (κ1) is 12.4. The summed E-state index contributed by atoms with van der Waals surface area (Å²) >= 11 is 0. The molecule has 92 valence electrons. The quantitative estimate of drug-likeness (QED) is 0.756. The van der Waals surface area contributed by atoms with E-state index in [2.05, 4.69) is 55.0 Å². The van der Waals surface area contributed by atoms with Crippen molar-refractivity contribution in [3.8, 4) is 0 Å². The van der Waals surface area contributed by atoms with Gasteiger partial charge in [0.1, 0.15) is 0 Å². The van der Waals surface area contributed by atoms with Crippen LogP contribution in [0.15, 0.2) is 46.8 Å². The molecule has 2 rings (SSSR count). The number of nitrogens with zero attached hydrogens (tertiary/aromatic N) is 1. The smallest absolute Gasteiger partial charge is 0.0840 e. The van der Waals surface area contributed by atoms with Gasteiger partial charge in [0.05, 0.1) is 5.04 Å². The molecule has 17 heavy (non-hydrogen) atoms. The van der Waals surface area contributed by atoms with Crippen LogP contribution in [-0.2, 0) is 0 Å². The van der Waals surface area contributed by atoms with Crippen molar-refractivity contribution in [3.63, 3.8) is 0 Å². The van der Waals surface area contributed by atoms with Crippen LogP contribution in [-0.4, -0.2) is 23.6 Å². The van der Waals surface area contributed by atoms with Crippen molar-refractivity contribution in [1.82, 2.24) is 0 Å². The lowest BCUT2D eigenvalue weighted by Gasteiger charge is -2.28. The molecular formula is C15H21NS. The molecule has 2 heteroatoms. The molecule has 1 aliphatic heterocycles. The number of allylic oxidation sites excluding steroid dienone is 1. The Kier molecular flexibility index (Phi) is 4.06. The monoisotopic (exact) mass is 247 g/mol. The van der Waals surface area contributed by atoms with Crippen LogP contribution in [0.2, 0.25) is 0 Å². The molecule has 0 spiro atoms. The lowest BCUT2D eigenvalue weighted by atomic mass is 10.2. The molecule has 1 aromatic carbocycles. The zero-order valence-corrected chi connectivity index (χ0v) is 11.5. The zero-order valence-electron chi connectivity index (χ0n) is 10.7. The van der Waals surface area contributed by atoms with Crippen LogP contribution in [0.5, 0.6) is 0 Å². The van der Waals surface area contributed by atoms with E-state index in [9.17, 15) is 0 Å². The van der Waals surface area contributed by atoms with Gasteiger partial charge in [0.2, 0.25) is 0 Å². The summed E-state index contributed by atoms with van der Waals surface area (Å²) in [5.74, 6) is 1.22. The normalized spacial score (nSPS) is 28.0. The number of hydrogen-bond donors (Lipinski definition) is 0. The van der Waals surface area contributed by atoms with Crippen molar-refractivity contribution < 1.29 is 0 Å². The highest BCUT2D eigenvalue weighted by Gasteiger charge is 2.27. The van der Waals surface area contributed by atoms with Crippen LogP contribution in [0.1, 0.15) is 25.3 Å². The van der Waals surface area contributed by atoms with Crippen molar-refractivity contribution in [3.05, 3.63) is 47.4 Å². The molecule has 0 bridgehead atoms. The molecular weight excluding hydrogens is 226 g/mol. The van der Waals surface area contributed by atoms with Crippen LogP contribution in [0.3, 0.4) is 0 Å². The van der Waals surface area contributed by atoms with Gasteiger partial charge in [-0.25, -0.2) is 0 Å². The van der Waals surface area contributed by atoms with Crippen LogP contribution in [0.4, 0.5) is 0 Å². The molecule has 0 N–H and O–H groups in total. The predicted octanol–water partition coefficient (Wildman–Crippen LogP) is 4.20. The minimum absolute atomic E-state index is 0.800. The fourth-order valence-corrected chi connectivity index (χ4v) is 4.65. The number of aliphatic imine (C=N–C) groups is 1. The minimum Gasteiger partial charge on any atom is -0.278 e. The Morgan fingerprint density at radius 3 is 2.76 bits per heavy atom. The second-order valence-corrected chi connectivity index (χ2v) is 7.96. The number of rotatable bonds is 4. The Hall–Kier alpha value is -1.02. The van der Waals surface area contributed by atoms with E-state index in [4.69, 9.17) is 4.99 Å². The lowest BCUT2D eigenvalue weighted by molar-refractivity contribution is 0.960. The minimum atomic E-state index is -0.800. The third kappa shape index (κ3) is 2.81. The molecule has 0 aliphatic carbocycles. The first-order valence-corrected chi connectivity index (χ1v) is 8.56. The van der Waals surface area contributed by atoms with Crippen molar-refractivity contribution in [2.75, 3.05) is 18.6 Å². The van der Waals surface area contributed by atoms with E-state index in [-0.39, 0.29) is 0 Å². The molecule has 0 fully saturated rings. The van der Waals surface area contributed by atoms with Crippen molar-refractivity contribution in [2.24, 2.45) is 4.99 Å². The number of unbranched alkanes of at least 4 members (excludes halogenated alkanes) is 1. The molecule has 0 aromatic heterocycles. The average molecular weight is 247 g/mol. The highest BCUT2D eigenvalue weighted by molar-refractivity contribution is 8.47. The van der Waals surface area contributed by atoms with Crippen LogP contribution < -0.4 is 0 Å². The fourth-order valence-electron chi connectivity index (χ4n) is 2.10. The number of hydrogen-bond acceptors (Lipinski definition) is 1. The van der Waals surface area contributed by atoms with E-state index in [1.54, 1.807) is 0 Å². The Bertz CT molecular complexity index is 422. The van der Waals surface area contributed by atoms with Gasteiger partial charge in [-0.2, -0.15) is 10.0 Å². The topological polar surface area (TPSA) is 12.4 Å². The highest BCUT2D eigenvalue weighted by atomic mass is 32.3. The molecule has 0 radical (unpaired) electrons. The maximum atomic E-state index is 4.74. The van der Waals surface area contributed by atoms with Crippen LogP contribution >= 0.6 is 10.0 Å². The van der Waals surface area contributed by atoms with Gasteiger partial charge in [0.15, 0.2) is 0 Å². The highest BCUT2D eigenvalue weighted by Crippen LogP contribution is 2.52. The summed E-state index contributed by atoms with van der Waals surface area (Å²) in [7, 11) is -0.800. The second-order valence-electron chi connectivity index (χ2n) is 4.57. The molecule has 1 aromatic rings. The van der Waals surface area contributed by atoms with Crippen molar-refractivity contribution >= 4 is 15.1 Å². The van der Waals surface area contributed by atoms with E-state index in [0.29, 0.717) is 0 Å². The lowest BCUT2D eigenvalue weighted by Crippen LogP contribution is -2.08. The van der Waals surface area contributed by atoms with Crippen molar-refractivity contribution in [2.45, 2.75) is 19.8 Å². The number of benzene rings is 1. The third-order valence-electron chi connectivity index (χ3n) is 3.09. The Morgan fingerprint density at radius 1 is 1.29 bits per heavy atom. The third-order valence-corrected chi connectivity index (χ3v) is 6.16. The molecule has 0 amide bonds. The summed E-state index contributed by atoms with van der Waals surface area (Å²) in [6.45, 7) is 3.22. The van der Waals surface area contributed by atoms with Gasteiger partial charge in [-0.1, -0.05) is 49.8 Å². The average Bonchev–Trinajstić information content (AvgIpc) is 2.73. The van der Waals surface area contributed by atoms with Gasteiger partial charge >= 0.3 is 0 Å². The summed E-state index contributed by atoms with van der Waals surface area (Å²) in [6, 6.07) is 10.6. The molecule has 0 saturated carbocycles. The van der Waals surface area contributed by atoms with Gasteiger partial charge in [-0.15, -0.1) is 0 Å². The van der Waals surface area contributed by atoms with Gasteiger partial charge in [-0.05, 0) is 18.1 Å². The van der Waals surface area contributed by atoms with Crippen LogP contribution in [0, 0.1) is 0 Å². The van der Waals surface area contributed by atoms with Gasteiger partial charge < -0.3 is 0 Å². The van der Waals surface area contributed by atoms with E-state index in [1.165, 1.54) is 29.2 Å². The first-order valence-electron chi connectivity index (χ1n) is 6.29. The maximum Gasteiger partial charge on any atom is 0.0840 e. The summed E-state index contributed by atoms with van der Waals surface area (Å²) in [6.07, 6.45) is 7.14. The Labute approximate surface area is 106 Å². The molecule has 1 heterocycles.